The molecule has 1 aromatic rings. The Hall–Kier alpha value is -1.40. The Balaban J connectivity index is 1.46. The number of carbonyl (C=O) groups excluding carboxylic acids is 1. The average molecular weight is 352 g/mol. The Morgan fingerprint density at radius 3 is 2.54 bits per heavy atom. The van der Waals surface area contributed by atoms with E-state index in [4.69, 9.17) is 8.92 Å². The zero-order valence-corrected chi connectivity index (χ0v) is 14.8. The number of ether oxygens (including phenoxy) is 1. The average Bonchev–Trinajstić information content (AvgIpc) is 3.13. The van der Waals surface area contributed by atoms with Crippen LogP contribution < -0.4 is 0 Å². The van der Waals surface area contributed by atoms with Gasteiger partial charge in [0.15, 0.2) is 0 Å². The molecule has 1 aliphatic carbocycles. The van der Waals surface area contributed by atoms with Crippen LogP contribution >= 0.6 is 0 Å². The molecule has 6 heteroatoms. The van der Waals surface area contributed by atoms with Gasteiger partial charge in [-0.1, -0.05) is 30.5 Å². The van der Waals surface area contributed by atoms with Gasteiger partial charge in [0.2, 0.25) is 0 Å². The summed E-state index contributed by atoms with van der Waals surface area (Å²) in [5, 5.41) is 0. The molecule has 24 heavy (non-hydrogen) atoms. The van der Waals surface area contributed by atoms with Gasteiger partial charge in [0.25, 0.3) is 10.1 Å². The van der Waals surface area contributed by atoms with E-state index >= 15 is 0 Å². The molecule has 1 heterocycles. The molecule has 1 atom stereocenters. The van der Waals surface area contributed by atoms with Crippen molar-refractivity contribution in [1.29, 1.82) is 0 Å². The molecule has 132 valence electrons. The van der Waals surface area contributed by atoms with Crippen molar-refractivity contribution < 1.29 is 22.1 Å². The van der Waals surface area contributed by atoms with E-state index < -0.39 is 10.1 Å². The van der Waals surface area contributed by atoms with Crippen molar-refractivity contribution in [3.8, 4) is 0 Å². The number of aryl methyl sites for hydroxylation is 1. The van der Waals surface area contributed by atoms with Crippen molar-refractivity contribution in [3.05, 3.63) is 29.8 Å². The fourth-order valence-corrected chi connectivity index (χ4v) is 4.65. The summed E-state index contributed by atoms with van der Waals surface area (Å²) in [6.07, 6.45) is 5.94. The second kappa shape index (κ2) is 6.84. The molecule has 0 aromatic heterocycles. The molecule has 0 amide bonds. The van der Waals surface area contributed by atoms with Gasteiger partial charge in [0, 0.05) is 6.42 Å². The number of hydrogen-bond acceptors (Lipinski definition) is 5. The maximum atomic E-state index is 12.1. The van der Waals surface area contributed by atoms with E-state index in [0.29, 0.717) is 12.8 Å². The van der Waals surface area contributed by atoms with Crippen LogP contribution in [-0.4, -0.2) is 27.1 Å². The summed E-state index contributed by atoms with van der Waals surface area (Å²) in [4.78, 5) is 12.2. The summed E-state index contributed by atoms with van der Waals surface area (Å²) in [6.45, 7) is 2.01. The normalized spacial score (nSPS) is 22.9. The van der Waals surface area contributed by atoms with Crippen molar-refractivity contribution in [2.45, 2.75) is 62.9 Å². The van der Waals surface area contributed by atoms with Crippen LogP contribution in [0.2, 0.25) is 0 Å². The number of esters is 1. The predicted octanol–water partition coefficient (Wildman–Crippen LogP) is 3.36. The topological polar surface area (TPSA) is 69.7 Å². The smallest absolute Gasteiger partial charge is 0.312 e. The lowest BCUT2D eigenvalue weighted by Crippen LogP contribution is -2.21. The first-order chi connectivity index (χ1) is 11.4. The molecule has 1 saturated carbocycles. The van der Waals surface area contributed by atoms with E-state index in [9.17, 15) is 13.2 Å². The van der Waals surface area contributed by atoms with Gasteiger partial charge in [0.05, 0.1) is 16.9 Å². The highest BCUT2D eigenvalue weighted by Crippen LogP contribution is 2.48. The summed E-state index contributed by atoms with van der Waals surface area (Å²) in [5.41, 5.74) is 0.748. The second-order valence-corrected chi connectivity index (χ2v) is 8.57. The third-order valence-electron chi connectivity index (χ3n) is 5.10. The van der Waals surface area contributed by atoms with Crippen LogP contribution in [0.1, 0.15) is 50.5 Å². The number of benzene rings is 1. The summed E-state index contributed by atoms with van der Waals surface area (Å²) in [7, 11) is -3.71. The minimum absolute atomic E-state index is 0.0572. The van der Waals surface area contributed by atoms with Gasteiger partial charge in [-0.05, 0) is 44.7 Å². The molecule has 2 fully saturated rings. The van der Waals surface area contributed by atoms with Gasteiger partial charge < -0.3 is 4.74 Å². The Morgan fingerprint density at radius 2 is 1.88 bits per heavy atom. The highest BCUT2D eigenvalue weighted by molar-refractivity contribution is 7.86. The quantitative estimate of drug-likeness (QED) is 0.446. The molecule has 0 radical (unpaired) electrons. The summed E-state index contributed by atoms with van der Waals surface area (Å²) >= 11 is 0. The van der Waals surface area contributed by atoms with E-state index in [1.807, 2.05) is 6.92 Å². The summed E-state index contributed by atoms with van der Waals surface area (Å²) < 4.78 is 34.8. The molecule has 3 rings (SSSR count). The van der Waals surface area contributed by atoms with Crippen molar-refractivity contribution in [2.24, 2.45) is 5.41 Å². The molecule has 0 bridgehead atoms. The minimum Gasteiger partial charge on any atom is -0.462 e. The molecule has 0 N–H and O–H groups in total. The standard InChI is InChI=1S/C18H24O5S/c1-14-6-8-16(9-7-14)24(20,21)22-12-4-5-15-13-18(17(19)23-15)10-2-3-11-18/h6-9,15H,2-5,10-13H2,1H3. The third kappa shape index (κ3) is 3.64. The molecule has 1 aromatic carbocycles. The fourth-order valence-electron chi connectivity index (χ4n) is 3.71. The Bertz CT molecular complexity index is 687. The van der Waals surface area contributed by atoms with Crippen LogP contribution in [0.3, 0.4) is 0 Å². The van der Waals surface area contributed by atoms with Gasteiger partial charge in [-0.2, -0.15) is 8.42 Å². The third-order valence-corrected chi connectivity index (χ3v) is 6.43. The van der Waals surface area contributed by atoms with Crippen molar-refractivity contribution in [2.75, 3.05) is 6.61 Å². The Labute approximate surface area is 143 Å². The molecule has 5 nitrogen and oxygen atoms in total. The lowest BCUT2D eigenvalue weighted by Gasteiger charge is -2.16. The molecule has 1 unspecified atom stereocenters. The molecular weight excluding hydrogens is 328 g/mol. The molecule has 1 spiro atoms. The van der Waals surface area contributed by atoms with E-state index in [-0.39, 0.29) is 29.0 Å². The van der Waals surface area contributed by atoms with Crippen LogP contribution in [0.5, 0.6) is 0 Å². The first-order valence-corrected chi connectivity index (χ1v) is 9.99. The van der Waals surface area contributed by atoms with Gasteiger partial charge in [-0.25, -0.2) is 0 Å². The lowest BCUT2D eigenvalue weighted by molar-refractivity contribution is -0.148. The van der Waals surface area contributed by atoms with Gasteiger partial charge in [0.1, 0.15) is 6.10 Å². The zero-order valence-electron chi connectivity index (χ0n) is 14.0. The largest absolute Gasteiger partial charge is 0.462 e. The minimum atomic E-state index is -3.71. The summed E-state index contributed by atoms with van der Waals surface area (Å²) in [6, 6.07) is 6.59. The maximum absolute atomic E-state index is 12.1. The van der Waals surface area contributed by atoms with Crippen molar-refractivity contribution in [1.82, 2.24) is 0 Å². The SMILES string of the molecule is Cc1ccc(S(=O)(=O)OCCCC2CC3(CCCC3)C(=O)O2)cc1. The number of carbonyl (C=O) groups is 1. The van der Waals surface area contributed by atoms with Crippen LogP contribution in [-0.2, 0) is 23.8 Å². The molecule has 2 aliphatic rings. The molecule has 1 saturated heterocycles. The van der Waals surface area contributed by atoms with Gasteiger partial charge in [-0.3, -0.25) is 8.98 Å². The Kier molecular flexibility index (Phi) is 4.97. The van der Waals surface area contributed by atoms with Gasteiger partial charge >= 0.3 is 5.97 Å². The second-order valence-electron chi connectivity index (χ2n) is 6.95. The van der Waals surface area contributed by atoms with E-state index in [0.717, 1.165) is 37.7 Å². The van der Waals surface area contributed by atoms with Crippen LogP contribution in [0.4, 0.5) is 0 Å². The first-order valence-electron chi connectivity index (χ1n) is 8.59. The lowest BCUT2D eigenvalue weighted by atomic mass is 9.82. The highest BCUT2D eigenvalue weighted by Gasteiger charge is 2.49. The van der Waals surface area contributed by atoms with Crippen molar-refractivity contribution in [3.63, 3.8) is 0 Å². The number of cyclic esters (lactones) is 1. The van der Waals surface area contributed by atoms with E-state index in [1.165, 1.54) is 0 Å². The first kappa shape index (κ1) is 17.4. The maximum Gasteiger partial charge on any atom is 0.312 e. The number of hydrogen-bond donors (Lipinski definition) is 0. The molecule has 1 aliphatic heterocycles. The molecular formula is C18H24O5S. The van der Waals surface area contributed by atoms with Crippen LogP contribution in [0.25, 0.3) is 0 Å². The van der Waals surface area contributed by atoms with E-state index in [1.54, 1.807) is 24.3 Å². The highest BCUT2D eigenvalue weighted by atomic mass is 32.2. The van der Waals surface area contributed by atoms with Crippen LogP contribution in [0, 0.1) is 12.3 Å². The fraction of sp³-hybridized carbons (Fsp3) is 0.611. The van der Waals surface area contributed by atoms with Gasteiger partial charge in [-0.15, -0.1) is 0 Å². The summed E-state index contributed by atoms with van der Waals surface area (Å²) in [5.74, 6) is -0.0572. The van der Waals surface area contributed by atoms with E-state index in [2.05, 4.69) is 0 Å². The van der Waals surface area contributed by atoms with Crippen LogP contribution in [0.15, 0.2) is 29.2 Å². The predicted molar refractivity (Wildman–Crippen MR) is 88.9 cm³/mol. The zero-order chi connectivity index (χ0) is 17.2. The Morgan fingerprint density at radius 1 is 1.21 bits per heavy atom. The number of rotatable bonds is 6. The van der Waals surface area contributed by atoms with Crippen molar-refractivity contribution >= 4 is 16.1 Å². The monoisotopic (exact) mass is 352 g/mol.